The number of benzene rings is 1. The van der Waals surface area contributed by atoms with Gasteiger partial charge in [-0.3, -0.25) is 4.79 Å². The van der Waals surface area contributed by atoms with E-state index in [0.717, 1.165) is 5.56 Å². The number of nitrogens with one attached hydrogen (secondary N) is 1. The van der Waals surface area contributed by atoms with Gasteiger partial charge in [0.25, 0.3) is 5.91 Å². The van der Waals surface area contributed by atoms with Gasteiger partial charge in [0.2, 0.25) is 0 Å². The lowest BCUT2D eigenvalue weighted by Crippen LogP contribution is -2.27. The van der Waals surface area contributed by atoms with Crippen LogP contribution >= 0.6 is 23.2 Å². The van der Waals surface area contributed by atoms with Crippen LogP contribution in [0.25, 0.3) is 0 Å². The maximum Gasteiger partial charge on any atom is 0.268 e. The predicted octanol–water partition coefficient (Wildman–Crippen LogP) is 3.44. The molecular weight excluding hydrogens is 302 g/mol. The van der Waals surface area contributed by atoms with E-state index in [1.165, 1.54) is 22.8 Å². The van der Waals surface area contributed by atoms with Crippen molar-refractivity contribution in [2.24, 2.45) is 7.05 Å². The highest BCUT2D eigenvalue weighted by molar-refractivity contribution is 6.41. The van der Waals surface area contributed by atoms with Crippen LogP contribution < -0.4 is 5.32 Å². The number of carbonyl (C=O) groups excluding carboxylic acids is 1. The third-order valence-corrected chi connectivity index (χ3v) is 3.80. The predicted molar refractivity (Wildman–Crippen MR) is 77.9 cm³/mol. The van der Waals surface area contributed by atoms with Crippen molar-refractivity contribution in [3.8, 4) is 0 Å². The second-order valence-electron chi connectivity index (χ2n) is 4.36. The van der Waals surface area contributed by atoms with E-state index in [4.69, 9.17) is 23.2 Å². The van der Waals surface area contributed by atoms with E-state index < -0.39 is 0 Å². The maximum absolute atomic E-state index is 12.7. The summed E-state index contributed by atoms with van der Waals surface area (Å²) in [5, 5.41) is 3.45. The number of rotatable bonds is 4. The summed E-state index contributed by atoms with van der Waals surface area (Å²) in [5.41, 5.74) is 1.36. The van der Waals surface area contributed by atoms with Gasteiger partial charge in [-0.15, -0.1) is 0 Å². The molecule has 0 fully saturated rings. The number of amides is 1. The average Bonchev–Trinajstić information content (AvgIpc) is 2.69. The molecular formula is C14H13Cl2FN2O. The minimum Gasteiger partial charge on any atom is -0.350 e. The summed E-state index contributed by atoms with van der Waals surface area (Å²) in [6.45, 7) is 0.449. The molecule has 0 saturated heterocycles. The number of aromatic nitrogens is 1. The van der Waals surface area contributed by atoms with Crippen molar-refractivity contribution in [1.82, 2.24) is 9.88 Å². The molecule has 1 amide bonds. The SMILES string of the molecule is Cn1c(C(=O)NCCc2ccc(F)cc2)cc(Cl)c1Cl. The zero-order valence-corrected chi connectivity index (χ0v) is 12.3. The first-order valence-electron chi connectivity index (χ1n) is 6.02. The number of hydrogen-bond donors (Lipinski definition) is 1. The molecule has 0 radical (unpaired) electrons. The van der Waals surface area contributed by atoms with Crippen molar-refractivity contribution in [1.29, 1.82) is 0 Å². The Balaban J connectivity index is 1.92. The van der Waals surface area contributed by atoms with E-state index in [0.29, 0.717) is 28.8 Å². The second-order valence-corrected chi connectivity index (χ2v) is 5.12. The Kier molecular flexibility index (Phi) is 4.68. The molecule has 1 heterocycles. The molecule has 0 bridgehead atoms. The molecule has 20 heavy (non-hydrogen) atoms. The normalized spacial score (nSPS) is 10.6. The molecule has 0 spiro atoms. The molecule has 0 aliphatic rings. The maximum atomic E-state index is 12.7. The lowest BCUT2D eigenvalue weighted by Gasteiger charge is -2.06. The Labute approximate surface area is 126 Å². The van der Waals surface area contributed by atoms with Crippen molar-refractivity contribution in [3.05, 3.63) is 57.6 Å². The average molecular weight is 315 g/mol. The topological polar surface area (TPSA) is 34.0 Å². The van der Waals surface area contributed by atoms with Crippen molar-refractivity contribution in [2.75, 3.05) is 6.54 Å². The minimum absolute atomic E-state index is 0.247. The van der Waals surface area contributed by atoms with E-state index in [2.05, 4.69) is 5.32 Å². The van der Waals surface area contributed by atoms with Crippen molar-refractivity contribution < 1.29 is 9.18 Å². The van der Waals surface area contributed by atoms with Crippen LogP contribution in [0.3, 0.4) is 0 Å². The molecule has 6 heteroatoms. The fourth-order valence-electron chi connectivity index (χ4n) is 1.82. The first kappa shape index (κ1) is 14.9. The van der Waals surface area contributed by atoms with Crippen LogP contribution in [-0.4, -0.2) is 17.0 Å². The molecule has 0 saturated carbocycles. The highest BCUT2D eigenvalue weighted by Gasteiger charge is 2.15. The fourth-order valence-corrected chi connectivity index (χ4v) is 2.20. The van der Waals surface area contributed by atoms with Crippen LogP contribution in [0.1, 0.15) is 16.1 Å². The highest BCUT2D eigenvalue weighted by Crippen LogP contribution is 2.24. The Bertz CT molecular complexity index is 623. The minimum atomic E-state index is -0.272. The van der Waals surface area contributed by atoms with E-state index in [-0.39, 0.29) is 11.7 Å². The molecule has 1 N–H and O–H groups in total. The summed E-state index contributed by atoms with van der Waals surface area (Å²) >= 11 is 11.8. The molecule has 0 aliphatic heterocycles. The Hall–Kier alpha value is -1.52. The van der Waals surface area contributed by atoms with Crippen molar-refractivity contribution in [3.63, 3.8) is 0 Å². The monoisotopic (exact) mass is 314 g/mol. The van der Waals surface area contributed by atoms with E-state index in [9.17, 15) is 9.18 Å². The number of nitrogens with zero attached hydrogens (tertiary/aromatic N) is 1. The van der Waals surface area contributed by atoms with Crippen molar-refractivity contribution >= 4 is 29.1 Å². The van der Waals surface area contributed by atoms with Gasteiger partial charge in [0.1, 0.15) is 16.7 Å². The fraction of sp³-hybridized carbons (Fsp3) is 0.214. The molecule has 2 rings (SSSR count). The standard InChI is InChI=1S/C14H13Cl2FN2O/c1-19-12(8-11(15)13(19)16)14(20)18-7-6-9-2-4-10(17)5-3-9/h2-5,8H,6-7H2,1H3,(H,18,20). The smallest absolute Gasteiger partial charge is 0.268 e. The summed E-state index contributed by atoms with van der Waals surface area (Å²) in [6.07, 6.45) is 0.623. The van der Waals surface area contributed by atoms with Crippen LogP contribution in [0.15, 0.2) is 30.3 Å². The van der Waals surface area contributed by atoms with Crippen molar-refractivity contribution in [2.45, 2.75) is 6.42 Å². The largest absolute Gasteiger partial charge is 0.350 e. The quantitative estimate of drug-likeness (QED) is 0.921. The second kappa shape index (κ2) is 6.29. The molecule has 0 unspecified atom stereocenters. The van der Waals surface area contributed by atoms with Crippen LogP contribution in [0.2, 0.25) is 10.2 Å². The number of hydrogen-bond acceptors (Lipinski definition) is 1. The summed E-state index contributed by atoms with van der Waals surface area (Å²) in [6, 6.07) is 7.70. The van der Waals surface area contributed by atoms with E-state index in [1.54, 1.807) is 19.2 Å². The zero-order chi connectivity index (χ0) is 14.7. The lowest BCUT2D eigenvalue weighted by atomic mass is 10.1. The number of halogens is 3. The Morgan fingerprint density at radius 1 is 1.30 bits per heavy atom. The third-order valence-electron chi connectivity index (χ3n) is 2.96. The zero-order valence-electron chi connectivity index (χ0n) is 10.8. The molecule has 0 atom stereocenters. The summed E-state index contributed by atoms with van der Waals surface area (Å²) in [5.74, 6) is -0.519. The van der Waals surface area contributed by atoms with Gasteiger partial charge in [0.15, 0.2) is 0 Å². The van der Waals surface area contributed by atoms with E-state index in [1.807, 2.05) is 0 Å². The van der Waals surface area contributed by atoms with Gasteiger partial charge in [-0.25, -0.2) is 4.39 Å². The molecule has 2 aromatic rings. The van der Waals surface area contributed by atoms with Crippen LogP contribution in [0.5, 0.6) is 0 Å². The van der Waals surface area contributed by atoms with Crippen LogP contribution in [-0.2, 0) is 13.5 Å². The molecule has 1 aromatic heterocycles. The summed E-state index contributed by atoms with van der Waals surface area (Å²) in [4.78, 5) is 12.0. The highest BCUT2D eigenvalue weighted by atomic mass is 35.5. The summed E-state index contributed by atoms with van der Waals surface area (Å²) in [7, 11) is 1.67. The van der Waals surface area contributed by atoms with Crippen LogP contribution in [0.4, 0.5) is 4.39 Å². The molecule has 106 valence electrons. The summed E-state index contributed by atoms with van der Waals surface area (Å²) < 4.78 is 14.3. The third kappa shape index (κ3) is 3.32. The van der Waals surface area contributed by atoms with Crippen LogP contribution in [0, 0.1) is 5.82 Å². The first-order valence-corrected chi connectivity index (χ1v) is 6.78. The molecule has 1 aromatic carbocycles. The molecule has 0 aliphatic carbocycles. The van der Waals surface area contributed by atoms with E-state index >= 15 is 0 Å². The van der Waals surface area contributed by atoms with Gasteiger partial charge in [0.05, 0.1) is 5.02 Å². The van der Waals surface area contributed by atoms with Gasteiger partial charge in [-0.05, 0) is 30.2 Å². The first-order chi connectivity index (χ1) is 9.49. The Morgan fingerprint density at radius 2 is 1.95 bits per heavy atom. The molecule has 3 nitrogen and oxygen atoms in total. The van der Waals surface area contributed by atoms with Gasteiger partial charge in [-0.2, -0.15) is 0 Å². The Morgan fingerprint density at radius 3 is 2.50 bits per heavy atom. The van der Waals surface area contributed by atoms with Gasteiger partial charge in [0, 0.05) is 13.6 Å². The number of carbonyl (C=O) groups is 1. The van der Waals surface area contributed by atoms with Gasteiger partial charge < -0.3 is 9.88 Å². The lowest BCUT2D eigenvalue weighted by molar-refractivity contribution is 0.0946. The van der Waals surface area contributed by atoms with Gasteiger partial charge in [-0.1, -0.05) is 35.3 Å². The van der Waals surface area contributed by atoms with Gasteiger partial charge >= 0.3 is 0 Å².